The Morgan fingerprint density at radius 2 is 1.66 bits per heavy atom. The van der Waals surface area contributed by atoms with Crippen molar-refractivity contribution < 1.29 is 0 Å². The van der Waals surface area contributed by atoms with Gasteiger partial charge in [-0.15, -0.1) is 0 Å². The summed E-state index contributed by atoms with van der Waals surface area (Å²) in [6.07, 6.45) is 0. The molecule has 160 valence electrons. The van der Waals surface area contributed by atoms with E-state index in [9.17, 15) is 4.79 Å². The van der Waals surface area contributed by atoms with Gasteiger partial charge in [0.15, 0.2) is 5.16 Å². The first-order valence-corrected chi connectivity index (χ1v) is 11.7. The number of thioether (sulfide) groups is 1. The first-order valence-electron chi connectivity index (χ1n) is 10.7. The summed E-state index contributed by atoms with van der Waals surface area (Å²) in [5, 5.41) is 1.68. The van der Waals surface area contributed by atoms with Gasteiger partial charge in [-0.25, -0.2) is 4.98 Å². The van der Waals surface area contributed by atoms with E-state index < -0.39 is 0 Å². The van der Waals surface area contributed by atoms with Gasteiger partial charge in [0.05, 0.1) is 5.69 Å². The summed E-state index contributed by atoms with van der Waals surface area (Å²) in [5.41, 5.74) is 8.96. The van der Waals surface area contributed by atoms with Crippen LogP contribution in [0.25, 0.3) is 27.6 Å². The largest absolute Gasteiger partial charge is 0.349 e. The number of para-hydroxylation sites is 1. The van der Waals surface area contributed by atoms with Crippen molar-refractivity contribution in [3.05, 3.63) is 98.8 Å². The third-order valence-corrected chi connectivity index (χ3v) is 6.81. The topological polar surface area (TPSA) is 50.7 Å². The molecule has 0 spiro atoms. The quantitative estimate of drug-likeness (QED) is 0.261. The second-order valence-corrected chi connectivity index (χ2v) is 9.44. The zero-order valence-electron chi connectivity index (χ0n) is 18.7. The summed E-state index contributed by atoms with van der Waals surface area (Å²) in [7, 11) is 0. The number of aromatic nitrogens is 3. The molecule has 0 saturated heterocycles. The second kappa shape index (κ2) is 7.99. The van der Waals surface area contributed by atoms with Crippen LogP contribution in [-0.2, 0) is 5.75 Å². The van der Waals surface area contributed by atoms with Gasteiger partial charge in [0.1, 0.15) is 11.0 Å². The van der Waals surface area contributed by atoms with E-state index in [-0.39, 0.29) is 5.56 Å². The summed E-state index contributed by atoms with van der Waals surface area (Å²) in [5.74, 6) is 0.749. The van der Waals surface area contributed by atoms with E-state index in [2.05, 4.69) is 56.9 Å². The minimum atomic E-state index is -0.0698. The van der Waals surface area contributed by atoms with Crippen molar-refractivity contribution in [2.75, 3.05) is 0 Å². The summed E-state index contributed by atoms with van der Waals surface area (Å²) < 4.78 is 1.76. The zero-order valence-corrected chi connectivity index (χ0v) is 19.5. The van der Waals surface area contributed by atoms with Crippen LogP contribution < -0.4 is 5.56 Å². The van der Waals surface area contributed by atoms with E-state index in [0.717, 1.165) is 39.0 Å². The van der Waals surface area contributed by atoms with E-state index in [1.54, 1.807) is 16.3 Å². The molecule has 0 aliphatic heterocycles. The molecule has 0 atom stereocenters. The average Bonchev–Trinajstić information content (AvgIpc) is 3.13. The van der Waals surface area contributed by atoms with Crippen molar-refractivity contribution in [2.24, 2.45) is 0 Å². The summed E-state index contributed by atoms with van der Waals surface area (Å²) >= 11 is 1.61. The molecule has 32 heavy (non-hydrogen) atoms. The number of nitrogens with one attached hydrogen (secondary N) is 1. The lowest BCUT2D eigenvalue weighted by Crippen LogP contribution is -2.22. The summed E-state index contributed by atoms with van der Waals surface area (Å²) in [6, 6.07) is 20.7. The smallest absolute Gasteiger partial charge is 0.283 e. The van der Waals surface area contributed by atoms with Gasteiger partial charge in [0, 0.05) is 16.7 Å². The van der Waals surface area contributed by atoms with Crippen LogP contribution in [0.15, 0.2) is 70.6 Å². The minimum absolute atomic E-state index is 0.0698. The highest BCUT2D eigenvalue weighted by atomic mass is 32.2. The van der Waals surface area contributed by atoms with E-state index in [0.29, 0.717) is 10.7 Å². The number of hydrogen-bond donors (Lipinski definition) is 1. The minimum Gasteiger partial charge on any atom is -0.349 e. The number of H-pyrrole nitrogens is 1. The van der Waals surface area contributed by atoms with Crippen LogP contribution in [0, 0.1) is 27.7 Å². The normalized spacial score (nSPS) is 11.5. The van der Waals surface area contributed by atoms with E-state index in [1.165, 1.54) is 16.7 Å². The first kappa shape index (κ1) is 20.6. The van der Waals surface area contributed by atoms with Crippen LogP contribution >= 0.6 is 11.8 Å². The molecular formula is C27H25N3OS. The predicted molar refractivity (Wildman–Crippen MR) is 134 cm³/mol. The average molecular weight is 440 g/mol. The molecule has 0 radical (unpaired) electrons. The van der Waals surface area contributed by atoms with E-state index >= 15 is 0 Å². The Kier molecular flexibility index (Phi) is 5.14. The maximum Gasteiger partial charge on any atom is 0.283 e. The predicted octanol–water partition coefficient (Wildman–Crippen LogP) is 6.39. The van der Waals surface area contributed by atoms with Crippen molar-refractivity contribution in [2.45, 2.75) is 38.6 Å². The lowest BCUT2D eigenvalue weighted by atomic mass is 10.1. The molecule has 0 saturated carbocycles. The molecule has 5 heteroatoms. The van der Waals surface area contributed by atoms with Crippen LogP contribution in [0.1, 0.15) is 27.8 Å². The number of benzene rings is 3. The number of aryl methyl sites for hydroxylation is 4. The van der Waals surface area contributed by atoms with Gasteiger partial charge in [-0.3, -0.25) is 9.36 Å². The third kappa shape index (κ3) is 3.63. The number of hydrogen-bond acceptors (Lipinski definition) is 3. The Morgan fingerprint density at radius 1 is 0.906 bits per heavy atom. The van der Waals surface area contributed by atoms with Crippen molar-refractivity contribution in [3.8, 4) is 5.69 Å². The van der Waals surface area contributed by atoms with Gasteiger partial charge in [-0.05, 0) is 68.1 Å². The van der Waals surface area contributed by atoms with Crippen LogP contribution in [0.5, 0.6) is 0 Å². The molecule has 4 nitrogen and oxygen atoms in total. The van der Waals surface area contributed by atoms with Gasteiger partial charge < -0.3 is 4.98 Å². The number of fused-ring (bicyclic) bond motifs is 3. The number of aromatic amines is 1. The Balaban J connectivity index is 1.73. The molecular weight excluding hydrogens is 414 g/mol. The molecule has 3 aromatic carbocycles. The molecule has 5 aromatic rings. The second-order valence-electron chi connectivity index (χ2n) is 8.49. The van der Waals surface area contributed by atoms with Gasteiger partial charge in [0.25, 0.3) is 5.56 Å². The molecule has 2 heterocycles. The van der Waals surface area contributed by atoms with E-state index in [4.69, 9.17) is 4.98 Å². The highest BCUT2D eigenvalue weighted by Gasteiger charge is 2.18. The zero-order chi connectivity index (χ0) is 22.4. The molecule has 0 unspecified atom stereocenters. The highest BCUT2D eigenvalue weighted by molar-refractivity contribution is 7.98. The SMILES string of the molecule is Cc1cc(C)cc(-n2c(SCc3cc(C)ccc3C)nc3c([nH]c4ccccc43)c2=O)c1. The Morgan fingerprint density at radius 3 is 2.44 bits per heavy atom. The Labute approximate surface area is 191 Å². The van der Waals surface area contributed by atoms with Crippen LogP contribution in [0.2, 0.25) is 0 Å². The van der Waals surface area contributed by atoms with Crippen LogP contribution in [-0.4, -0.2) is 14.5 Å². The van der Waals surface area contributed by atoms with Crippen molar-refractivity contribution in [1.82, 2.24) is 14.5 Å². The highest BCUT2D eigenvalue weighted by Crippen LogP contribution is 2.29. The fourth-order valence-corrected chi connectivity index (χ4v) is 5.31. The Bertz CT molecular complexity index is 1520. The molecule has 2 aromatic heterocycles. The van der Waals surface area contributed by atoms with Crippen molar-refractivity contribution in [1.29, 1.82) is 0 Å². The number of nitrogens with zero attached hydrogens (tertiary/aromatic N) is 2. The van der Waals surface area contributed by atoms with Gasteiger partial charge in [-0.1, -0.05) is 59.8 Å². The maximum atomic E-state index is 13.8. The fourth-order valence-electron chi connectivity index (χ4n) is 4.24. The van der Waals surface area contributed by atoms with Crippen LogP contribution in [0.4, 0.5) is 0 Å². The molecule has 0 aliphatic carbocycles. The molecule has 5 rings (SSSR count). The number of rotatable bonds is 4. The van der Waals surface area contributed by atoms with E-state index in [1.807, 2.05) is 36.4 Å². The van der Waals surface area contributed by atoms with Gasteiger partial charge in [-0.2, -0.15) is 0 Å². The molecule has 0 aliphatic rings. The van der Waals surface area contributed by atoms with Gasteiger partial charge >= 0.3 is 0 Å². The molecule has 1 N–H and O–H groups in total. The fraction of sp³-hybridized carbons (Fsp3) is 0.185. The van der Waals surface area contributed by atoms with Crippen LogP contribution in [0.3, 0.4) is 0 Å². The lowest BCUT2D eigenvalue weighted by Gasteiger charge is -2.14. The monoisotopic (exact) mass is 439 g/mol. The van der Waals surface area contributed by atoms with Gasteiger partial charge in [0.2, 0.25) is 0 Å². The summed E-state index contributed by atoms with van der Waals surface area (Å²) in [6.45, 7) is 8.34. The lowest BCUT2D eigenvalue weighted by molar-refractivity contribution is 0.817. The standard InChI is InChI=1S/C27H25N3OS/c1-16-9-10-19(4)20(12-16)15-32-27-29-24-22-7-5-6-8-23(22)28-25(24)26(31)30(27)21-13-17(2)11-18(3)14-21/h5-14,28H,15H2,1-4H3. The molecule has 0 fully saturated rings. The molecule has 0 amide bonds. The molecule has 0 bridgehead atoms. The Hall–Kier alpha value is -3.31. The maximum absolute atomic E-state index is 13.8. The third-order valence-electron chi connectivity index (χ3n) is 5.82. The first-order chi connectivity index (χ1) is 15.4. The summed E-state index contributed by atoms with van der Waals surface area (Å²) in [4.78, 5) is 22.1. The van der Waals surface area contributed by atoms with Crippen molar-refractivity contribution >= 4 is 33.7 Å². The van der Waals surface area contributed by atoms with Crippen molar-refractivity contribution in [3.63, 3.8) is 0 Å².